The van der Waals surface area contributed by atoms with Gasteiger partial charge in [-0.25, -0.2) is 9.78 Å². The summed E-state index contributed by atoms with van der Waals surface area (Å²) >= 11 is 0. The van der Waals surface area contributed by atoms with E-state index >= 15 is 0 Å². The summed E-state index contributed by atoms with van der Waals surface area (Å²) in [7, 11) is 3.83. The van der Waals surface area contributed by atoms with E-state index in [2.05, 4.69) is 10.3 Å². The molecule has 2 amide bonds. The maximum Gasteiger partial charge on any atom is 0.317 e. The number of carboxylic acids is 1. The van der Waals surface area contributed by atoms with E-state index in [-0.39, 0.29) is 12.6 Å². The quantitative estimate of drug-likeness (QED) is 0.871. The van der Waals surface area contributed by atoms with Crippen molar-refractivity contribution in [1.29, 1.82) is 0 Å². The zero-order valence-electron chi connectivity index (χ0n) is 13.2. The van der Waals surface area contributed by atoms with Crippen LogP contribution in [-0.2, 0) is 11.3 Å². The zero-order valence-corrected chi connectivity index (χ0v) is 13.2. The Hall–Kier alpha value is -2.31. The van der Waals surface area contributed by atoms with Gasteiger partial charge in [-0.2, -0.15) is 0 Å². The lowest BCUT2D eigenvalue weighted by molar-refractivity contribution is -0.146. The minimum Gasteiger partial charge on any atom is -0.481 e. The number of hydrogen-bond acceptors (Lipinski definition) is 4. The average Bonchev–Trinajstić information content (AvgIpc) is 2.89. The van der Waals surface area contributed by atoms with Crippen molar-refractivity contribution in [3.63, 3.8) is 0 Å². The van der Waals surface area contributed by atoms with Gasteiger partial charge < -0.3 is 20.2 Å². The second kappa shape index (κ2) is 6.21. The molecule has 2 rings (SSSR count). The molecular weight excluding hydrogens is 284 g/mol. The summed E-state index contributed by atoms with van der Waals surface area (Å²) in [6, 6.07) is 3.56. The molecule has 1 aliphatic heterocycles. The van der Waals surface area contributed by atoms with Crippen LogP contribution in [0, 0.1) is 5.41 Å². The number of carboxylic acid groups (broad SMARTS) is 1. The molecule has 7 heteroatoms. The molecular formula is C15H22N4O3. The highest BCUT2D eigenvalue weighted by Crippen LogP contribution is 2.29. The number of urea groups is 1. The van der Waals surface area contributed by atoms with Gasteiger partial charge in [0.15, 0.2) is 0 Å². The SMILES string of the molecule is CN(C)c1ccc(CNC(=O)N2CCC(C)(C(=O)O)C2)cn1. The number of likely N-dealkylation sites (tertiary alicyclic amines) is 1. The normalized spacial score (nSPS) is 20.8. The van der Waals surface area contributed by atoms with Gasteiger partial charge in [-0.15, -0.1) is 0 Å². The number of carbonyl (C=O) groups is 2. The summed E-state index contributed by atoms with van der Waals surface area (Å²) in [5.41, 5.74) is 0.0610. The van der Waals surface area contributed by atoms with Gasteiger partial charge in [-0.3, -0.25) is 4.79 Å². The van der Waals surface area contributed by atoms with Crippen LogP contribution in [0.25, 0.3) is 0 Å². The van der Waals surface area contributed by atoms with Gasteiger partial charge in [-0.05, 0) is 25.0 Å². The first-order valence-electron chi connectivity index (χ1n) is 7.20. The number of rotatable bonds is 4. The predicted molar refractivity (Wildman–Crippen MR) is 82.7 cm³/mol. The van der Waals surface area contributed by atoms with Crippen molar-refractivity contribution in [2.75, 3.05) is 32.1 Å². The van der Waals surface area contributed by atoms with Gasteiger partial charge in [0.05, 0.1) is 5.41 Å². The standard InChI is InChI=1S/C15H22N4O3/c1-15(13(20)21)6-7-19(10-15)14(22)17-9-11-4-5-12(16-8-11)18(2)3/h4-5,8H,6-7,9-10H2,1-3H3,(H,17,22)(H,20,21). The van der Waals surface area contributed by atoms with Crippen LogP contribution in [0.2, 0.25) is 0 Å². The zero-order chi connectivity index (χ0) is 16.3. The fourth-order valence-corrected chi connectivity index (χ4v) is 2.38. The molecule has 0 spiro atoms. The molecule has 1 atom stereocenters. The highest BCUT2D eigenvalue weighted by Gasteiger charge is 2.42. The van der Waals surface area contributed by atoms with E-state index in [9.17, 15) is 14.7 Å². The maximum absolute atomic E-state index is 12.1. The monoisotopic (exact) mass is 306 g/mol. The first-order chi connectivity index (χ1) is 10.3. The third-order valence-electron chi connectivity index (χ3n) is 3.99. The second-order valence-corrected chi connectivity index (χ2v) is 6.12. The van der Waals surface area contributed by atoms with Crippen molar-refractivity contribution in [2.24, 2.45) is 5.41 Å². The Morgan fingerprint density at radius 2 is 2.18 bits per heavy atom. The van der Waals surface area contributed by atoms with Gasteiger partial charge in [0.25, 0.3) is 0 Å². The van der Waals surface area contributed by atoms with Gasteiger partial charge in [0, 0.05) is 39.9 Å². The lowest BCUT2D eigenvalue weighted by Crippen LogP contribution is -2.40. The van der Waals surface area contributed by atoms with Gasteiger partial charge >= 0.3 is 12.0 Å². The van der Waals surface area contributed by atoms with Crippen LogP contribution in [0.1, 0.15) is 18.9 Å². The summed E-state index contributed by atoms with van der Waals surface area (Å²) in [4.78, 5) is 31.0. The summed E-state index contributed by atoms with van der Waals surface area (Å²) in [5, 5.41) is 12.0. The highest BCUT2D eigenvalue weighted by molar-refractivity contribution is 5.79. The van der Waals surface area contributed by atoms with Crippen molar-refractivity contribution in [2.45, 2.75) is 19.9 Å². The lowest BCUT2D eigenvalue weighted by atomic mass is 9.90. The van der Waals surface area contributed by atoms with Crippen LogP contribution in [0.5, 0.6) is 0 Å². The van der Waals surface area contributed by atoms with Crippen LogP contribution < -0.4 is 10.2 Å². The third-order valence-corrected chi connectivity index (χ3v) is 3.99. The third kappa shape index (κ3) is 3.47. The van der Waals surface area contributed by atoms with E-state index in [0.717, 1.165) is 11.4 Å². The molecule has 0 aliphatic carbocycles. The molecule has 0 aromatic carbocycles. The first kappa shape index (κ1) is 16.1. The number of pyridine rings is 1. The molecule has 1 aromatic heterocycles. The molecule has 0 saturated carbocycles. The first-order valence-corrected chi connectivity index (χ1v) is 7.20. The molecule has 1 saturated heterocycles. The van der Waals surface area contributed by atoms with Crippen molar-refractivity contribution in [1.82, 2.24) is 15.2 Å². The number of aromatic nitrogens is 1. The van der Waals surface area contributed by atoms with Gasteiger partial charge in [-0.1, -0.05) is 6.07 Å². The van der Waals surface area contributed by atoms with Crippen LogP contribution >= 0.6 is 0 Å². The van der Waals surface area contributed by atoms with Crippen molar-refractivity contribution in [3.05, 3.63) is 23.9 Å². The fourth-order valence-electron chi connectivity index (χ4n) is 2.38. The Morgan fingerprint density at radius 1 is 1.45 bits per heavy atom. The minimum absolute atomic E-state index is 0.235. The maximum atomic E-state index is 12.1. The number of anilines is 1. The number of nitrogens with one attached hydrogen (secondary N) is 1. The molecule has 120 valence electrons. The fraction of sp³-hybridized carbons (Fsp3) is 0.533. The highest BCUT2D eigenvalue weighted by atomic mass is 16.4. The molecule has 1 aromatic rings. The molecule has 0 radical (unpaired) electrons. The smallest absolute Gasteiger partial charge is 0.317 e. The Morgan fingerprint density at radius 3 is 2.68 bits per heavy atom. The van der Waals surface area contributed by atoms with Crippen LogP contribution in [0.15, 0.2) is 18.3 Å². The largest absolute Gasteiger partial charge is 0.481 e. The summed E-state index contributed by atoms with van der Waals surface area (Å²) in [6.45, 7) is 2.75. The van der Waals surface area contributed by atoms with Crippen LogP contribution in [-0.4, -0.2) is 54.2 Å². The minimum atomic E-state index is -0.855. The van der Waals surface area contributed by atoms with Crippen LogP contribution in [0.4, 0.5) is 10.6 Å². The molecule has 0 bridgehead atoms. The van der Waals surface area contributed by atoms with Crippen molar-refractivity contribution >= 4 is 17.8 Å². The number of amides is 2. The molecule has 2 heterocycles. The number of nitrogens with zero attached hydrogens (tertiary/aromatic N) is 3. The number of carbonyl (C=O) groups excluding carboxylic acids is 1. The van der Waals surface area contributed by atoms with Crippen molar-refractivity contribution < 1.29 is 14.7 Å². The molecule has 7 nitrogen and oxygen atoms in total. The topological polar surface area (TPSA) is 85.8 Å². The Kier molecular flexibility index (Phi) is 4.54. The van der Waals surface area contributed by atoms with E-state index in [1.165, 1.54) is 0 Å². The van der Waals surface area contributed by atoms with E-state index in [1.54, 1.807) is 18.0 Å². The summed E-state index contributed by atoms with van der Waals surface area (Å²) in [5.74, 6) is -0.00174. The Bertz CT molecular complexity index is 558. The summed E-state index contributed by atoms with van der Waals surface area (Å²) in [6.07, 6.45) is 2.20. The molecule has 1 fully saturated rings. The van der Waals surface area contributed by atoms with Gasteiger partial charge in [0.1, 0.15) is 5.82 Å². The molecule has 2 N–H and O–H groups in total. The average molecular weight is 306 g/mol. The van der Waals surface area contributed by atoms with E-state index in [4.69, 9.17) is 0 Å². The van der Waals surface area contributed by atoms with E-state index < -0.39 is 11.4 Å². The molecule has 1 unspecified atom stereocenters. The Labute approximate surface area is 129 Å². The van der Waals surface area contributed by atoms with Gasteiger partial charge in [0.2, 0.25) is 0 Å². The lowest BCUT2D eigenvalue weighted by Gasteiger charge is -2.20. The Balaban J connectivity index is 1.87. The summed E-state index contributed by atoms with van der Waals surface area (Å²) < 4.78 is 0. The van der Waals surface area contributed by atoms with E-state index in [0.29, 0.717) is 19.5 Å². The van der Waals surface area contributed by atoms with Crippen molar-refractivity contribution in [3.8, 4) is 0 Å². The number of hydrogen-bond donors (Lipinski definition) is 2. The second-order valence-electron chi connectivity index (χ2n) is 6.12. The number of aliphatic carboxylic acids is 1. The molecule has 22 heavy (non-hydrogen) atoms. The molecule has 1 aliphatic rings. The van der Waals surface area contributed by atoms with Crippen LogP contribution in [0.3, 0.4) is 0 Å². The predicted octanol–water partition coefficient (Wildman–Crippen LogP) is 1.15. The van der Waals surface area contributed by atoms with E-state index in [1.807, 2.05) is 31.1 Å².